The van der Waals surface area contributed by atoms with E-state index in [0.29, 0.717) is 16.8 Å². The number of benzene rings is 1. The van der Waals surface area contributed by atoms with Crippen molar-refractivity contribution in [2.24, 2.45) is 0 Å². The Balaban J connectivity index is 3.46. The molecule has 8 nitrogen and oxygen atoms in total. The minimum Gasteiger partial charge on any atom is -0.493 e. The van der Waals surface area contributed by atoms with Crippen LogP contribution in [0.25, 0.3) is 0 Å². The fraction of sp³-hybridized carbons (Fsp3) is 0.154. The van der Waals surface area contributed by atoms with Gasteiger partial charge in [-0.3, -0.25) is 10.1 Å². The van der Waals surface area contributed by atoms with Crippen LogP contribution < -0.4 is 10.1 Å². The zero-order valence-corrected chi connectivity index (χ0v) is 12.8. The van der Waals surface area contributed by atoms with Gasteiger partial charge in [0.05, 0.1) is 16.0 Å². The topological polar surface area (TPSA) is 136 Å². The molecule has 0 aliphatic rings. The van der Waals surface area contributed by atoms with Crippen LogP contribution in [0.5, 0.6) is 5.75 Å². The van der Waals surface area contributed by atoms with E-state index in [4.69, 9.17) is 20.5 Å². The van der Waals surface area contributed by atoms with Gasteiger partial charge in [0.2, 0.25) is 0 Å². The minimum absolute atomic E-state index is 0.0591. The lowest BCUT2D eigenvalue weighted by molar-refractivity contribution is -0.384. The zero-order chi connectivity index (χ0) is 16.7. The summed E-state index contributed by atoms with van der Waals surface area (Å²) in [4.78, 5) is 10.4. The van der Waals surface area contributed by atoms with Crippen molar-refractivity contribution in [2.45, 2.75) is 6.92 Å². The number of nitro benzene ring substituents is 1. The molecule has 0 heterocycles. The van der Waals surface area contributed by atoms with Gasteiger partial charge in [-0.1, -0.05) is 0 Å². The molecule has 1 N–H and O–H groups in total. The number of rotatable bonds is 5. The molecule has 0 unspecified atom stereocenters. The fourth-order valence-corrected chi connectivity index (χ4v) is 1.92. The normalized spacial score (nSPS) is 8.86. The molecule has 0 saturated carbocycles. The monoisotopic (exact) mass is 361 g/mol. The highest BCUT2D eigenvalue weighted by Gasteiger charge is 2.20. The van der Waals surface area contributed by atoms with Gasteiger partial charge in [-0.25, -0.2) is 0 Å². The van der Waals surface area contributed by atoms with Crippen molar-refractivity contribution < 1.29 is 9.66 Å². The molecule has 0 aliphatic heterocycles. The van der Waals surface area contributed by atoms with Crippen LogP contribution in [0, 0.1) is 44.1 Å². The van der Waals surface area contributed by atoms with Crippen molar-refractivity contribution in [1.82, 2.24) is 0 Å². The Bertz CT molecular complexity index is 752. The third kappa shape index (κ3) is 3.72. The van der Waals surface area contributed by atoms with Crippen LogP contribution in [-0.2, 0) is 0 Å². The van der Waals surface area contributed by atoms with E-state index in [2.05, 4.69) is 21.2 Å². The average Bonchev–Trinajstić information content (AvgIpc) is 2.50. The van der Waals surface area contributed by atoms with E-state index >= 15 is 0 Å². The molecule has 1 rings (SSSR count). The van der Waals surface area contributed by atoms with Crippen LogP contribution in [0.2, 0.25) is 0 Å². The maximum absolute atomic E-state index is 11.1. The highest BCUT2D eigenvalue weighted by molar-refractivity contribution is 9.10. The standard InChI is InChI=1S/C13H8BrN5O3/c1-2-22-13-4-10(12(19(20)21)3-9(13)14)18-11(7-17)8(5-15)6-16/h3-4,18H,2H2,1H3. The van der Waals surface area contributed by atoms with Gasteiger partial charge in [-0.05, 0) is 22.9 Å². The molecule has 0 aromatic heterocycles. The molecule has 0 bridgehead atoms. The number of ether oxygens (including phenoxy) is 1. The van der Waals surface area contributed by atoms with Crippen LogP contribution in [0.4, 0.5) is 11.4 Å². The quantitative estimate of drug-likeness (QED) is 0.483. The van der Waals surface area contributed by atoms with Crippen LogP contribution in [0.1, 0.15) is 6.92 Å². The first-order valence-electron chi connectivity index (χ1n) is 5.80. The first kappa shape index (κ1) is 17.0. The van der Waals surface area contributed by atoms with Crippen LogP contribution >= 0.6 is 15.9 Å². The Kier molecular flexibility index (Phi) is 5.88. The summed E-state index contributed by atoms with van der Waals surface area (Å²) < 4.78 is 5.67. The number of nitrogens with one attached hydrogen (secondary N) is 1. The van der Waals surface area contributed by atoms with E-state index in [1.165, 1.54) is 12.1 Å². The predicted molar refractivity (Wildman–Crippen MR) is 79.5 cm³/mol. The molecule has 110 valence electrons. The second-order valence-corrected chi connectivity index (χ2v) is 4.55. The van der Waals surface area contributed by atoms with Crippen molar-refractivity contribution in [2.75, 3.05) is 11.9 Å². The smallest absolute Gasteiger partial charge is 0.294 e. The Morgan fingerprint density at radius 1 is 1.36 bits per heavy atom. The van der Waals surface area contributed by atoms with Gasteiger partial charge >= 0.3 is 0 Å². The molecule has 9 heteroatoms. The van der Waals surface area contributed by atoms with Crippen molar-refractivity contribution >= 4 is 27.3 Å². The molecule has 1 aromatic carbocycles. The van der Waals surface area contributed by atoms with Crippen molar-refractivity contribution in [3.8, 4) is 24.0 Å². The lowest BCUT2D eigenvalue weighted by atomic mass is 10.2. The number of nitro groups is 1. The van der Waals surface area contributed by atoms with Crippen LogP contribution in [-0.4, -0.2) is 11.5 Å². The van der Waals surface area contributed by atoms with E-state index in [9.17, 15) is 10.1 Å². The van der Waals surface area contributed by atoms with Gasteiger partial charge in [0.1, 0.15) is 35.3 Å². The highest BCUT2D eigenvalue weighted by atomic mass is 79.9. The van der Waals surface area contributed by atoms with E-state index < -0.39 is 10.5 Å². The summed E-state index contributed by atoms with van der Waals surface area (Å²) in [6.45, 7) is 2.07. The van der Waals surface area contributed by atoms with E-state index in [-0.39, 0.29) is 17.1 Å². The first-order chi connectivity index (χ1) is 10.5. The Hall–Kier alpha value is -3.09. The maximum Gasteiger partial charge on any atom is 0.294 e. The number of anilines is 1. The third-order valence-corrected chi connectivity index (χ3v) is 3.01. The predicted octanol–water partition coefficient (Wildman–Crippen LogP) is 2.99. The summed E-state index contributed by atoms with van der Waals surface area (Å²) in [6, 6.07) is 7.25. The fourth-order valence-electron chi connectivity index (χ4n) is 1.48. The molecule has 0 saturated heterocycles. The molecular formula is C13H8BrN5O3. The van der Waals surface area contributed by atoms with E-state index in [0.717, 1.165) is 0 Å². The maximum atomic E-state index is 11.1. The summed E-state index contributed by atoms with van der Waals surface area (Å²) in [5.41, 5.74) is -1.25. The summed E-state index contributed by atoms with van der Waals surface area (Å²) in [6.07, 6.45) is 0. The SMILES string of the molecule is CCOc1cc(NC(C#N)=C(C#N)C#N)c([N+](=O)[O-])cc1Br. The Morgan fingerprint density at radius 2 is 2.00 bits per heavy atom. The first-order valence-corrected chi connectivity index (χ1v) is 6.60. The number of nitrogens with zero attached hydrogens (tertiary/aromatic N) is 4. The number of hydrogen-bond acceptors (Lipinski definition) is 7. The second-order valence-electron chi connectivity index (χ2n) is 3.70. The lowest BCUT2D eigenvalue weighted by Gasteiger charge is -2.10. The minimum atomic E-state index is -0.657. The molecule has 1 aromatic rings. The van der Waals surface area contributed by atoms with Crippen LogP contribution in [0.15, 0.2) is 27.9 Å². The molecule has 0 radical (unpaired) electrons. The van der Waals surface area contributed by atoms with E-state index in [1.54, 1.807) is 25.1 Å². The number of nitriles is 3. The largest absolute Gasteiger partial charge is 0.493 e. The highest BCUT2D eigenvalue weighted by Crippen LogP contribution is 2.36. The molecule has 0 aliphatic carbocycles. The summed E-state index contributed by atoms with van der Waals surface area (Å²) >= 11 is 3.15. The molecule has 0 atom stereocenters. The van der Waals surface area contributed by atoms with Gasteiger partial charge < -0.3 is 10.1 Å². The Labute approximate surface area is 134 Å². The number of allylic oxidation sites excluding steroid dienone is 2. The van der Waals surface area contributed by atoms with Crippen molar-refractivity contribution in [1.29, 1.82) is 15.8 Å². The van der Waals surface area contributed by atoms with Crippen LogP contribution in [0.3, 0.4) is 0 Å². The van der Waals surface area contributed by atoms with Gasteiger partial charge in [-0.15, -0.1) is 0 Å². The van der Waals surface area contributed by atoms with Gasteiger partial charge in [-0.2, -0.15) is 15.8 Å². The summed E-state index contributed by atoms with van der Waals surface area (Å²) in [5, 5.41) is 40.1. The van der Waals surface area contributed by atoms with Gasteiger partial charge in [0.15, 0.2) is 5.57 Å². The second kappa shape index (κ2) is 7.63. The molecule has 0 amide bonds. The third-order valence-electron chi connectivity index (χ3n) is 2.39. The summed E-state index contributed by atoms with van der Waals surface area (Å²) in [5.74, 6) is 0.323. The van der Waals surface area contributed by atoms with Gasteiger partial charge in [0, 0.05) is 12.1 Å². The van der Waals surface area contributed by atoms with E-state index in [1.807, 2.05) is 0 Å². The molecular weight excluding hydrogens is 354 g/mol. The number of halogens is 1. The Morgan fingerprint density at radius 3 is 2.45 bits per heavy atom. The number of hydrogen-bond donors (Lipinski definition) is 1. The zero-order valence-electron chi connectivity index (χ0n) is 11.3. The van der Waals surface area contributed by atoms with Crippen molar-refractivity contribution in [3.63, 3.8) is 0 Å². The molecule has 0 fully saturated rings. The molecule has 22 heavy (non-hydrogen) atoms. The summed E-state index contributed by atoms with van der Waals surface area (Å²) in [7, 11) is 0. The van der Waals surface area contributed by atoms with Gasteiger partial charge in [0.25, 0.3) is 5.69 Å². The van der Waals surface area contributed by atoms with Crippen molar-refractivity contribution in [3.05, 3.63) is 38.0 Å². The average molecular weight is 362 g/mol. The molecule has 0 spiro atoms. The lowest BCUT2D eigenvalue weighted by Crippen LogP contribution is -2.05.